The van der Waals surface area contributed by atoms with E-state index in [-0.39, 0.29) is 5.82 Å². The van der Waals surface area contributed by atoms with Gasteiger partial charge in [-0.2, -0.15) is 0 Å². The number of hydrogen-bond acceptors (Lipinski definition) is 0. The van der Waals surface area contributed by atoms with Crippen LogP contribution in [0.5, 0.6) is 0 Å². The van der Waals surface area contributed by atoms with Gasteiger partial charge in [0.25, 0.3) is 0 Å². The Morgan fingerprint density at radius 3 is 2.85 bits per heavy atom. The molecule has 13 heavy (non-hydrogen) atoms. The maximum atomic E-state index is 12.6. The molecule has 0 amide bonds. The van der Waals surface area contributed by atoms with Gasteiger partial charge in [0, 0.05) is 22.3 Å². The van der Waals surface area contributed by atoms with Gasteiger partial charge in [0.05, 0.1) is 0 Å². The average molecular weight is 262 g/mol. The van der Waals surface area contributed by atoms with E-state index >= 15 is 0 Å². The highest BCUT2D eigenvalue weighted by atomic mass is 79.9. The van der Waals surface area contributed by atoms with Crippen molar-refractivity contribution in [1.82, 2.24) is 0 Å². The van der Waals surface area contributed by atoms with Crippen molar-refractivity contribution < 1.29 is 4.39 Å². The van der Waals surface area contributed by atoms with Crippen LogP contribution in [0, 0.1) is 17.7 Å². The molecule has 1 rings (SSSR count). The number of benzene rings is 1. The maximum Gasteiger partial charge on any atom is 0.124 e. The third-order valence-electron chi connectivity index (χ3n) is 1.37. The molecule has 1 aromatic carbocycles. The minimum atomic E-state index is -0.269. The summed E-state index contributed by atoms with van der Waals surface area (Å²) in [6, 6.07) is 4.42. The standard InChI is InChI=1S/C10H7BrClF/c11-10-7-9(13)5-4-8(10)3-1-2-6-12/h4-5,7H,2,6H2. The molecule has 0 fully saturated rings. The molecule has 68 valence electrons. The third-order valence-corrected chi connectivity index (χ3v) is 2.22. The van der Waals surface area contributed by atoms with Crippen LogP contribution in [0.25, 0.3) is 0 Å². The van der Waals surface area contributed by atoms with Gasteiger partial charge in [0.15, 0.2) is 0 Å². The van der Waals surface area contributed by atoms with Gasteiger partial charge in [-0.1, -0.05) is 11.8 Å². The Hall–Kier alpha value is -0.520. The summed E-state index contributed by atoms with van der Waals surface area (Å²) in [7, 11) is 0. The highest BCUT2D eigenvalue weighted by molar-refractivity contribution is 9.10. The summed E-state index contributed by atoms with van der Waals surface area (Å²) in [5.74, 6) is 6.02. The zero-order valence-electron chi connectivity index (χ0n) is 6.78. The first-order valence-electron chi connectivity index (χ1n) is 3.74. The number of alkyl halides is 1. The van der Waals surface area contributed by atoms with Gasteiger partial charge in [0.1, 0.15) is 5.82 Å². The van der Waals surface area contributed by atoms with Gasteiger partial charge in [-0.25, -0.2) is 4.39 Å². The van der Waals surface area contributed by atoms with E-state index < -0.39 is 0 Å². The van der Waals surface area contributed by atoms with Crippen molar-refractivity contribution in [2.24, 2.45) is 0 Å². The van der Waals surface area contributed by atoms with E-state index in [0.29, 0.717) is 16.8 Å². The minimum absolute atomic E-state index is 0.269. The summed E-state index contributed by atoms with van der Waals surface area (Å²) < 4.78 is 13.3. The number of hydrogen-bond donors (Lipinski definition) is 0. The topological polar surface area (TPSA) is 0 Å². The summed E-state index contributed by atoms with van der Waals surface area (Å²) >= 11 is 8.68. The predicted octanol–water partition coefficient (Wildman–Crippen LogP) is 3.57. The Balaban J connectivity index is 2.85. The maximum absolute atomic E-state index is 12.6. The first-order valence-corrected chi connectivity index (χ1v) is 5.06. The number of rotatable bonds is 1. The van der Waals surface area contributed by atoms with Crippen LogP contribution >= 0.6 is 27.5 Å². The minimum Gasteiger partial charge on any atom is -0.207 e. The Kier molecular flexibility index (Phi) is 4.27. The molecule has 0 atom stereocenters. The highest BCUT2D eigenvalue weighted by Crippen LogP contribution is 2.16. The van der Waals surface area contributed by atoms with Crippen LogP contribution in [0.1, 0.15) is 12.0 Å². The molecular weight excluding hydrogens is 254 g/mol. The molecule has 0 saturated carbocycles. The molecule has 0 aliphatic heterocycles. The second-order valence-corrected chi connectivity index (χ2v) is 3.60. The van der Waals surface area contributed by atoms with Crippen molar-refractivity contribution in [3.05, 3.63) is 34.1 Å². The summed E-state index contributed by atoms with van der Waals surface area (Å²) in [5, 5.41) is 0. The van der Waals surface area contributed by atoms with Gasteiger partial charge >= 0.3 is 0 Å². The Morgan fingerprint density at radius 2 is 2.23 bits per heavy atom. The Labute approximate surface area is 90.2 Å². The average Bonchev–Trinajstić information content (AvgIpc) is 2.09. The van der Waals surface area contributed by atoms with E-state index in [4.69, 9.17) is 11.6 Å². The fraction of sp³-hybridized carbons (Fsp3) is 0.200. The summed E-state index contributed by atoms with van der Waals surface area (Å²) in [4.78, 5) is 0. The third kappa shape index (κ3) is 3.38. The molecule has 3 heteroatoms. The molecule has 1 aromatic rings. The van der Waals surface area contributed by atoms with Gasteiger partial charge < -0.3 is 0 Å². The van der Waals surface area contributed by atoms with Crippen molar-refractivity contribution in [2.75, 3.05) is 5.88 Å². The van der Waals surface area contributed by atoms with Crippen LogP contribution in [0.2, 0.25) is 0 Å². The fourth-order valence-electron chi connectivity index (χ4n) is 0.796. The SMILES string of the molecule is Fc1ccc(C#CCCCl)c(Br)c1. The first-order chi connectivity index (χ1) is 6.24. The Bertz CT molecular complexity index is 352. The lowest BCUT2D eigenvalue weighted by Crippen LogP contribution is -1.80. The van der Waals surface area contributed by atoms with Crippen molar-refractivity contribution in [1.29, 1.82) is 0 Å². The van der Waals surface area contributed by atoms with Gasteiger partial charge in [-0.3, -0.25) is 0 Å². The smallest absolute Gasteiger partial charge is 0.124 e. The zero-order chi connectivity index (χ0) is 9.68. The molecule has 0 N–H and O–H groups in total. The molecule has 0 spiro atoms. The molecule has 0 bridgehead atoms. The highest BCUT2D eigenvalue weighted by Gasteiger charge is 1.96. The van der Waals surface area contributed by atoms with Gasteiger partial charge in [-0.15, -0.1) is 11.6 Å². The van der Waals surface area contributed by atoms with Crippen molar-refractivity contribution in [3.8, 4) is 11.8 Å². The van der Waals surface area contributed by atoms with Crippen molar-refractivity contribution >= 4 is 27.5 Å². The van der Waals surface area contributed by atoms with Crippen LogP contribution in [-0.2, 0) is 0 Å². The van der Waals surface area contributed by atoms with E-state index in [1.165, 1.54) is 12.1 Å². The van der Waals surface area contributed by atoms with Crippen LogP contribution in [-0.4, -0.2) is 5.88 Å². The lowest BCUT2D eigenvalue weighted by Gasteiger charge is -1.94. The second-order valence-electron chi connectivity index (χ2n) is 2.36. The van der Waals surface area contributed by atoms with E-state index in [1.807, 2.05) is 0 Å². The molecule has 0 unspecified atom stereocenters. The zero-order valence-corrected chi connectivity index (χ0v) is 9.12. The summed E-state index contributed by atoms with van der Waals surface area (Å²) in [6.07, 6.45) is 0.644. The van der Waals surface area contributed by atoms with Gasteiger partial charge in [-0.05, 0) is 34.1 Å². The summed E-state index contributed by atoms with van der Waals surface area (Å²) in [6.45, 7) is 0. The first kappa shape index (κ1) is 10.6. The normalized spacial score (nSPS) is 9.15. The lowest BCUT2D eigenvalue weighted by molar-refractivity contribution is 0.627. The molecule has 0 aromatic heterocycles. The quantitative estimate of drug-likeness (QED) is 0.535. The van der Waals surface area contributed by atoms with Crippen LogP contribution in [0.3, 0.4) is 0 Å². The van der Waals surface area contributed by atoms with Gasteiger partial charge in [0.2, 0.25) is 0 Å². The van der Waals surface area contributed by atoms with E-state index in [1.54, 1.807) is 6.07 Å². The molecule has 0 heterocycles. The predicted molar refractivity (Wildman–Crippen MR) is 56.3 cm³/mol. The van der Waals surface area contributed by atoms with E-state index in [0.717, 1.165) is 5.56 Å². The molecule has 0 saturated heterocycles. The molecule has 0 aliphatic carbocycles. The lowest BCUT2D eigenvalue weighted by atomic mass is 10.2. The molecule has 0 aliphatic rings. The Morgan fingerprint density at radius 1 is 1.46 bits per heavy atom. The fourth-order valence-corrected chi connectivity index (χ4v) is 1.34. The second kappa shape index (κ2) is 5.26. The van der Waals surface area contributed by atoms with Crippen molar-refractivity contribution in [2.45, 2.75) is 6.42 Å². The van der Waals surface area contributed by atoms with Crippen LogP contribution in [0.4, 0.5) is 4.39 Å². The van der Waals surface area contributed by atoms with Crippen molar-refractivity contribution in [3.63, 3.8) is 0 Å². The monoisotopic (exact) mass is 260 g/mol. The largest absolute Gasteiger partial charge is 0.207 e. The molecule has 0 nitrogen and oxygen atoms in total. The summed E-state index contributed by atoms with van der Waals surface area (Å²) in [5.41, 5.74) is 0.784. The van der Waals surface area contributed by atoms with E-state index in [9.17, 15) is 4.39 Å². The molecular formula is C10H7BrClF. The van der Waals surface area contributed by atoms with Crippen LogP contribution < -0.4 is 0 Å². The molecule has 0 radical (unpaired) electrons. The van der Waals surface area contributed by atoms with Crippen LogP contribution in [0.15, 0.2) is 22.7 Å². The number of halogens is 3. The van der Waals surface area contributed by atoms with E-state index in [2.05, 4.69) is 27.8 Å².